The number of halogens is 1. The summed E-state index contributed by atoms with van der Waals surface area (Å²) in [7, 11) is 1.92. The number of aliphatic hydroxyl groups excluding tert-OH is 1. The van der Waals surface area contributed by atoms with E-state index in [2.05, 4.69) is 10.3 Å². The molecule has 0 bridgehead atoms. The average Bonchev–Trinajstić information content (AvgIpc) is 2.93. The van der Waals surface area contributed by atoms with E-state index in [4.69, 9.17) is 0 Å². The normalized spacial score (nSPS) is 24.3. The van der Waals surface area contributed by atoms with Crippen LogP contribution in [0, 0.1) is 5.82 Å². The molecule has 148 valence electrons. The second-order valence-corrected chi connectivity index (χ2v) is 7.66. The van der Waals surface area contributed by atoms with Crippen molar-refractivity contribution in [3.8, 4) is 0 Å². The van der Waals surface area contributed by atoms with Gasteiger partial charge >= 0.3 is 0 Å². The second-order valence-electron chi connectivity index (χ2n) is 7.66. The number of hydrogen-bond acceptors (Lipinski definition) is 5. The van der Waals surface area contributed by atoms with Crippen molar-refractivity contribution >= 4 is 5.91 Å². The van der Waals surface area contributed by atoms with Gasteiger partial charge in [-0.1, -0.05) is 12.1 Å². The Morgan fingerprint density at radius 2 is 2.14 bits per heavy atom. The third-order valence-electron chi connectivity index (χ3n) is 5.81. The number of carbonyl (C=O) groups excluding carboxylic acids is 1. The second kappa shape index (κ2) is 7.10. The fraction of sp³-hybridized carbons (Fsp3) is 0.450. The van der Waals surface area contributed by atoms with Crippen LogP contribution in [0.5, 0.6) is 0 Å². The van der Waals surface area contributed by atoms with E-state index in [9.17, 15) is 19.1 Å². The summed E-state index contributed by atoms with van der Waals surface area (Å²) in [5.41, 5.74) is 0.0115. The van der Waals surface area contributed by atoms with Gasteiger partial charge in [0.15, 0.2) is 0 Å². The fourth-order valence-electron chi connectivity index (χ4n) is 4.28. The molecule has 1 aromatic carbocycles. The van der Waals surface area contributed by atoms with Crippen LogP contribution in [-0.4, -0.2) is 38.6 Å². The summed E-state index contributed by atoms with van der Waals surface area (Å²) in [5, 5.41) is 12.9. The molecule has 2 aliphatic rings. The highest BCUT2D eigenvalue weighted by Crippen LogP contribution is 2.43. The molecule has 8 heteroatoms. The van der Waals surface area contributed by atoms with Gasteiger partial charge in [-0.3, -0.25) is 19.1 Å². The number of aromatic nitrogens is 2. The Balaban J connectivity index is 1.61. The first-order valence-electron chi connectivity index (χ1n) is 9.43. The van der Waals surface area contributed by atoms with Crippen LogP contribution in [0.1, 0.15) is 47.6 Å². The smallest absolute Gasteiger partial charge is 0.270 e. The van der Waals surface area contributed by atoms with Crippen molar-refractivity contribution in [2.75, 3.05) is 7.05 Å². The first-order valence-corrected chi connectivity index (χ1v) is 9.43. The predicted octanol–water partition coefficient (Wildman–Crippen LogP) is 1.35. The molecule has 0 radical (unpaired) electrons. The van der Waals surface area contributed by atoms with Gasteiger partial charge in [-0.05, 0) is 50.4 Å². The fourth-order valence-corrected chi connectivity index (χ4v) is 4.28. The maximum Gasteiger partial charge on any atom is 0.270 e. The van der Waals surface area contributed by atoms with Gasteiger partial charge in [-0.15, -0.1) is 0 Å². The highest BCUT2D eigenvalue weighted by molar-refractivity contribution is 5.92. The van der Waals surface area contributed by atoms with E-state index in [1.165, 1.54) is 18.2 Å². The molecule has 2 heterocycles. The number of hydrogen-bond donors (Lipinski definition) is 2. The lowest BCUT2D eigenvalue weighted by molar-refractivity contribution is 0.00820. The van der Waals surface area contributed by atoms with Gasteiger partial charge in [0, 0.05) is 12.6 Å². The van der Waals surface area contributed by atoms with Gasteiger partial charge in [0.2, 0.25) is 0 Å². The zero-order valence-corrected chi connectivity index (χ0v) is 15.7. The quantitative estimate of drug-likeness (QED) is 0.831. The van der Waals surface area contributed by atoms with Gasteiger partial charge in [0.25, 0.3) is 11.5 Å². The molecule has 2 N–H and O–H groups in total. The molecule has 1 fully saturated rings. The van der Waals surface area contributed by atoms with E-state index in [0.717, 1.165) is 24.8 Å². The first kappa shape index (κ1) is 18.8. The van der Waals surface area contributed by atoms with Crippen LogP contribution in [0.2, 0.25) is 0 Å². The molecule has 28 heavy (non-hydrogen) atoms. The van der Waals surface area contributed by atoms with Crippen molar-refractivity contribution < 1.29 is 14.3 Å². The van der Waals surface area contributed by atoms with E-state index in [1.54, 1.807) is 16.7 Å². The van der Waals surface area contributed by atoms with Crippen molar-refractivity contribution in [1.82, 2.24) is 19.8 Å². The van der Waals surface area contributed by atoms with E-state index in [1.807, 2.05) is 11.9 Å². The monoisotopic (exact) mass is 386 g/mol. The van der Waals surface area contributed by atoms with E-state index in [0.29, 0.717) is 18.9 Å². The maximum atomic E-state index is 13.0. The summed E-state index contributed by atoms with van der Waals surface area (Å²) >= 11 is 0. The largest absolute Gasteiger partial charge is 0.393 e. The highest BCUT2D eigenvalue weighted by Gasteiger charge is 2.48. The Morgan fingerprint density at radius 3 is 2.86 bits per heavy atom. The molecule has 2 atom stereocenters. The molecule has 1 spiro atoms. The zero-order chi connectivity index (χ0) is 19.9. The molecular weight excluding hydrogens is 363 g/mol. The van der Waals surface area contributed by atoms with Crippen LogP contribution < -0.4 is 10.9 Å². The molecule has 1 saturated carbocycles. The Labute approximate surface area is 161 Å². The third kappa shape index (κ3) is 3.22. The van der Waals surface area contributed by atoms with Crippen molar-refractivity contribution in [2.24, 2.45) is 0 Å². The maximum absolute atomic E-state index is 13.0. The number of amides is 1. The van der Waals surface area contributed by atoms with Crippen LogP contribution in [0.4, 0.5) is 4.39 Å². The van der Waals surface area contributed by atoms with Crippen molar-refractivity contribution in [1.29, 1.82) is 0 Å². The van der Waals surface area contributed by atoms with Crippen LogP contribution >= 0.6 is 0 Å². The van der Waals surface area contributed by atoms with Crippen LogP contribution in [0.3, 0.4) is 0 Å². The molecule has 1 aliphatic carbocycles. The molecule has 1 amide bonds. The number of carbonyl (C=O) groups is 1. The Bertz CT molecular complexity index is 959. The SMILES string of the molecule is CN1Cn2c(nc(C(=O)NCc3ccc(F)cc3)cc2=O)C12CCCC(O)C2. The van der Waals surface area contributed by atoms with Crippen LogP contribution in [-0.2, 0) is 18.8 Å². The first-order chi connectivity index (χ1) is 13.4. The standard InChI is InChI=1S/C20H23FN4O3/c1-24-12-25-17(27)9-16(18(28)22-11-13-4-6-14(21)7-5-13)23-19(25)20(24)8-2-3-15(26)10-20/h4-7,9,15,26H,2-3,8,10-12H2,1H3,(H,22,28). The number of nitrogens with one attached hydrogen (secondary N) is 1. The summed E-state index contributed by atoms with van der Waals surface area (Å²) in [4.78, 5) is 31.8. The Kier molecular flexibility index (Phi) is 4.76. The topological polar surface area (TPSA) is 87.5 Å². The molecule has 2 unspecified atom stereocenters. The zero-order valence-electron chi connectivity index (χ0n) is 15.7. The van der Waals surface area contributed by atoms with Gasteiger partial charge in [-0.25, -0.2) is 9.37 Å². The van der Waals surface area contributed by atoms with Crippen molar-refractivity contribution in [3.05, 3.63) is 63.6 Å². The van der Waals surface area contributed by atoms with Crippen molar-refractivity contribution in [2.45, 2.75) is 50.5 Å². The van der Waals surface area contributed by atoms with Crippen LogP contribution in [0.25, 0.3) is 0 Å². The molecule has 2 aromatic rings. The van der Waals surface area contributed by atoms with Crippen LogP contribution in [0.15, 0.2) is 35.1 Å². The number of fused-ring (bicyclic) bond motifs is 2. The number of benzene rings is 1. The minimum Gasteiger partial charge on any atom is -0.393 e. The third-order valence-corrected chi connectivity index (χ3v) is 5.81. The predicted molar refractivity (Wildman–Crippen MR) is 100.0 cm³/mol. The highest BCUT2D eigenvalue weighted by atomic mass is 19.1. The lowest BCUT2D eigenvalue weighted by Gasteiger charge is -2.40. The Hall–Kier alpha value is -2.58. The van der Waals surface area contributed by atoms with Gasteiger partial charge in [-0.2, -0.15) is 0 Å². The summed E-state index contributed by atoms with van der Waals surface area (Å²) in [6.07, 6.45) is 2.40. The summed E-state index contributed by atoms with van der Waals surface area (Å²) in [5.74, 6) is -0.244. The van der Waals surface area contributed by atoms with E-state index < -0.39 is 17.6 Å². The minimum atomic E-state index is -0.524. The van der Waals surface area contributed by atoms with Crippen molar-refractivity contribution in [3.63, 3.8) is 0 Å². The molecule has 1 aliphatic heterocycles. The molecule has 7 nitrogen and oxygen atoms in total. The van der Waals surface area contributed by atoms with Gasteiger partial charge < -0.3 is 10.4 Å². The Morgan fingerprint density at radius 1 is 1.39 bits per heavy atom. The number of nitrogens with zero attached hydrogens (tertiary/aromatic N) is 3. The molecule has 1 aromatic heterocycles. The molecular formula is C20H23FN4O3. The lowest BCUT2D eigenvalue weighted by Crippen LogP contribution is -2.44. The van der Waals surface area contributed by atoms with Gasteiger partial charge in [0.1, 0.15) is 17.3 Å². The average molecular weight is 386 g/mol. The van der Waals surface area contributed by atoms with E-state index >= 15 is 0 Å². The van der Waals surface area contributed by atoms with E-state index in [-0.39, 0.29) is 23.6 Å². The lowest BCUT2D eigenvalue weighted by atomic mass is 9.79. The number of aliphatic hydroxyl groups is 1. The number of rotatable bonds is 3. The van der Waals surface area contributed by atoms with Gasteiger partial charge in [0.05, 0.1) is 18.3 Å². The summed E-state index contributed by atoms with van der Waals surface area (Å²) in [6.45, 7) is 0.605. The summed E-state index contributed by atoms with van der Waals surface area (Å²) < 4.78 is 14.6. The summed E-state index contributed by atoms with van der Waals surface area (Å²) in [6, 6.07) is 7.09. The molecule has 0 saturated heterocycles. The molecule has 4 rings (SSSR count). The minimum absolute atomic E-state index is 0.0631.